The first-order valence-corrected chi connectivity index (χ1v) is 4.80. The Labute approximate surface area is 68.7 Å². The van der Waals surface area contributed by atoms with Crippen molar-refractivity contribution in [1.82, 2.24) is 4.90 Å². The van der Waals surface area contributed by atoms with E-state index in [9.17, 15) is 0 Å². The van der Waals surface area contributed by atoms with Gasteiger partial charge in [0.25, 0.3) is 0 Å². The van der Waals surface area contributed by atoms with E-state index < -0.39 is 0 Å². The molecule has 0 saturated carbocycles. The zero-order chi connectivity index (χ0) is 7.84. The highest BCUT2D eigenvalue weighted by Gasteiger charge is 2.37. The molecule has 0 bridgehead atoms. The van der Waals surface area contributed by atoms with Crippen LogP contribution in [0.25, 0.3) is 0 Å². The Hall–Kier alpha value is -0.0800. The standard InChI is InChI=1S/C9H18N2/c1-7-6-8(10)9-4-2-3-5-11(7)9/h7-9H,2-6,10H2,1H3/t7-,8+,9?/m0/s1. The Bertz CT molecular complexity index is 130. The lowest BCUT2D eigenvalue weighted by Gasteiger charge is -2.33. The summed E-state index contributed by atoms with van der Waals surface area (Å²) in [5, 5.41) is 0. The molecule has 0 aliphatic carbocycles. The van der Waals surface area contributed by atoms with Gasteiger partial charge in [0.15, 0.2) is 0 Å². The molecule has 2 heteroatoms. The molecule has 2 saturated heterocycles. The van der Waals surface area contributed by atoms with Gasteiger partial charge in [0.2, 0.25) is 0 Å². The van der Waals surface area contributed by atoms with Gasteiger partial charge in [0, 0.05) is 18.1 Å². The number of nitrogens with zero attached hydrogens (tertiary/aromatic N) is 1. The quantitative estimate of drug-likeness (QED) is 0.563. The molecule has 3 atom stereocenters. The van der Waals surface area contributed by atoms with Gasteiger partial charge < -0.3 is 5.73 Å². The molecule has 2 N–H and O–H groups in total. The second-order valence-electron chi connectivity index (χ2n) is 4.05. The molecule has 0 spiro atoms. The highest BCUT2D eigenvalue weighted by atomic mass is 15.2. The van der Waals surface area contributed by atoms with Gasteiger partial charge in [-0.1, -0.05) is 6.42 Å². The van der Waals surface area contributed by atoms with Crippen LogP contribution in [0.4, 0.5) is 0 Å². The zero-order valence-electron chi connectivity index (χ0n) is 7.29. The molecule has 64 valence electrons. The van der Waals surface area contributed by atoms with Gasteiger partial charge in [0.1, 0.15) is 0 Å². The predicted octanol–water partition coefficient (Wildman–Crippen LogP) is 0.960. The smallest absolute Gasteiger partial charge is 0.0250 e. The van der Waals surface area contributed by atoms with E-state index in [4.69, 9.17) is 5.73 Å². The average molecular weight is 154 g/mol. The van der Waals surface area contributed by atoms with E-state index in [0.717, 1.165) is 12.1 Å². The van der Waals surface area contributed by atoms with E-state index >= 15 is 0 Å². The number of hydrogen-bond acceptors (Lipinski definition) is 2. The van der Waals surface area contributed by atoms with Crippen molar-refractivity contribution in [2.75, 3.05) is 6.54 Å². The fourth-order valence-electron chi connectivity index (χ4n) is 2.67. The summed E-state index contributed by atoms with van der Waals surface area (Å²) in [5.74, 6) is 0. The minimum Gasteiger partial charge on any atom is -0.326 e. The van der Waals surface area contributed by atoms with Gasteiger partial charge in [0.05, 0.1) is 0 Å². The first kappa shape index (κ1) is 7.56. The van der Waals surface area contributed by atoms with Crippen molar-refractivity contribution >= 4 is 0 Å². The summed E-state index contributed by atoms with van der Waals surface area (Å²) in [4.78, 5) is 2.61. The van der Waals surface area contributed by atoms with Crippen LogP contribution in [0.2, 0.25) is 0 Å². The summed E-state index contributed by atoms with van der Waals surface area (Å²) in [5.41, 5.74) is 6.04. The van der Waals surface area contributed by atoms with Gasteiger partial charge in [-0.05, 0) is 32.7 Å². The molecule has 1 unspecified atom stereocenters. The highest BCUT2D eigenvalue weighted by molar-refractivity contribution is 4.96. The number of nitrogens with two attached hydrogens (primary N) is 1. The third kappa shape index (κ3) is 1.18. The van der Waals surface area contributed by atoms with E-state index in [-0.39, 0.29) is 0 Å². The maximum atomic E-state index is 6.04. The van der Waals surface area contributed by atoms with E-state index in [1.165, 1.54) is 32.2 Å². The van der Waals surface area contributed by atoms with E-state index in [1.807, 2.05) is 0 Å². The molecule has 2 heterocycles. The van der Waals surface area contributed by atoms with Gasteiger partial charge in [-0.2, -0.15) is 0 Å². The molecule has 0 aromatic heterocycles. The van der Waals surface area contributed by atoms with Crippen molar-refractivity contribution in [2.24, 2.45) is 5.73 Å². The summed E-state index contributed by atoms with van der Waals surface area (Å²) < 4.78 is 0. The first-order valence-electron chi connectivity index (χ1n) is 4.80. The maximum Gasteiger partial charge on any atom is 0.0250 e. The van der Waals surface area contributed by atoms with Crippen LogP contribution in [0.15, 0.2) is 0 Å². The molecule has 2 aliphatic heterocycles. The molecule has 2 aliphatic rings. The Balaban J connectivity index is 2.07. The number of piperidine rings is 1. The zero-order valence-corrected chi connectivity index (χ0v) is 7.29. The third-order valence-electron chi connectivity index (χ3n) is 3.27. The van der Waals surface area contributed by atoms with Crippen LogP contribution in [0.3, 0.4) is 0 Å². The molecule has 0 radical (unpaired) electrons. The van der Waals surface area contributed by atoms with Gasteiger partial charge in [-0.25, -0.2) is 0 Å². The lowest BCUT2D eigenvalue weighted by atomic mass is 10.00. The Kier molecular flexibility index (Phi) is 1.90. The van der Waals surface area contributed by atoms with E-state index in [2.05, 4.69) is 11.8 Å². The van der Waals surface area contributed by atoms with Gasteiger partial charge in [-0.3, -0.25) is 4.90 Å². The molecule has 2 rings (SSSR count). The SMILES string of the molecule is C[C@H]1C[C@@H](N)C2CCCCN21. The first-order chi connectivity index (χ1) is 5.29. The van der Waals surface area contributed by atoms with Gasteiger partial charge >= 0.3 is 0 Å². The van der Waals surface area contributed by atoms with Crippen LogP contribution < -0.4 is 5.73 Å². The summed E-state index contributed by atoms with van der Waals surface area (Å²) in [6.45, 7) is 3.60. The van der Waals surface area contributed by atoms with Crippen molar-refractivity contribution < 1.29 is 0 Å². The van der Waals surface area contributed by atoms with Crippen molar-refractivity contribution in [3.63, 3.8) is 0 Å². The Morgan fingerprint density at radius 2 is 2.18 bits per heavy atom. The second-order valence-corrected chi connectivity index (χ2v) is 4.05. The van der Waals surface area contributed by atoms with Crippen molar-refractivity contribution in [3.05, 3.63) is 0 Å². The fraction of sp³-hybridized carbons (Fsp3) is 1.00. The average Bonchev–Trinajstić information content (AvgIpc) is 2.30. The molecular weight excluding hydrogens is 136 g/mol. The normalized spacial score (nSPS) is 45.8. The number of hydrogen-bond donors (Lipinski definition) is 1. The minimum atomic E-state index is 0.463. The maximum absolute atomic E-state index is 6.04. The monoisotopic (exact) mass is 154 g/mol. The predicted molar refractivity (Wildman–Crippen MR) is 46.4 cm³/mol. The fourth-order valence-corrected chi connectivity index (χ4v) is 2.67. The summed E-state index contributed by atoms with van der Waals surface area (Å²) in [6, 6.07) is 1.93. The van der Waals surface area contributed by atoms with Crippen LogP contribution in [0.1, 0.15) is 32.6 Å². The molecule has 2 fully saturated rings. The van der Waals surface area contributed by atoms with Crippen LogP contribution in [-0.2, 0) is 0 Å². The van der Waals surface area contributed by atoms with Gasteiger partial charge in [-0.15, -0.1) is 0 Å². The molecule has 0 amide bonds. The van der Waals surface area contributed by atoms with E-state index in [1.54, 1.807) is 0 Å². The molecule has 0 aromatic rings. The number of fused-ring (bicyclic) bond motifs is 1. The Morgan fingerprint density at radius 3 is 2.91 bits per heavy atom. The van der Waals surface area contributed by atoms with Crippen LogP contribution >= 0.6 is 0 Å². The molecule has 11 heavy (non-hydrogen) atoms. The molecule has 2 nitrogen and oxygen atoms in total. The summed E-state index contributed by atoms with van der Waals surface area (Å²) >= 11 is 0. The minimum absolute atomic E-state index is 0.463. The highest BCUT2D eigenvalue weighted by Crippen LogP contribution is 2.30. The number of rotatable bonds is 0. The van der Waals surface area contributed by atoms with Crippen LogP contribution in [0.5, 0.6) is 0 Å². The lowest BCUT2D eigenvalue weighted by molar-refractivity contribution is 0.152. The Morgan fingerprint density at radius 1 is 1.36 bits per heavy atom. The topological polar surface area (TPSA) is 29.3 Å². The third-order valence-corrected chi connectivity index (χ3v) is 3.27. The summed E-state index contributed by atoms with van der Waals surface area (Å²) in [7, 11) is 0. The molecular formula is C9H18N2. The van der Waals surface area contributed by atoms with Crippen molar-refractivity contribution in [1.29, 1.82) is 0 Å². The summed E-state index contributed by atoms with van der Waals surface area (Å²) in [6.07, 6.45) is 5.32. The largest absolute Gasteiger partial charge is 0.326 e. The van der Waals surface area contributed by atoms with Crippen molar-refractivity contribution in [2.45, 2.75) is 50.7 Å². The van der Waals surface area contributed by atoms with Crippen LogP contribution in [-0.4, -0.2) is 29.6 Å². The lowest BCUT2D eigenvalue weighted by Crippen LogP contribution is -2.43. The molecule has 0 aromatic carbocycles. The van der Waals surface area contributed by atoms with Crippen LogP contribution in [0, 0.1) is 0 Å². The second kappa shape index (κ2) is 2.76. The van der Waals surface area contributed by atoms with Crippen molar-refractivity contribution in [3.8, 4) is 0 Å². The van der Waals surface area contributed by atoms with E-state index in [0.29, 0.717) is 6.04 Å².